The Morgan fingerprint density at radius 3 is 3.05 bits per heavy atom. The van der Waals surface area contributed by atoms with Crippen molar-refractivity contribution in [3.63, 3.8) is 0 Å². The molecule has 0 bridgehead atoms. The van der Waals surface area contributed by atoms with E-state index in [2.05, 4.69) is 28.5 Å². The molecule has 1 amide bonds. The first kappa shape index (κ1) is 14.9. The zero-order valence-electron chi connectivity index (χ0n) is 12.5. The highest BCUT2D eigenvalue weighted by molar-refractivity contribution is 7.99. The molecule has 0 radical (unpaired) electrons. The Morgan fingerprint density at radius 2 is 2.27 bits per heavy atom. The van der Waals surface area contributed by atoms with Crippen LogP contribution in [-0.4, -0.2) is 23.3 Å². The van der Waals surface area contributed by atoms with Crippen LogP contribution in [0.1, 0.15) is 18.1 Å². The number of anilines is 1. The summed E-state index contributed by atoms with van der Waals surface area (Å²) < 4.78 is 5.52. The van der Waals surface area contributed by atoms with Crippen LogP contribution >= 0.6 is 11.8 Å². The van der Waals surface area contributed by atoms with Crippen LogP contribution in [-0.2, 0) is 17.6 Å². The number of aromatic nitrogens is 1. The predicted octanol–water partition coefficient (Wildman–Crippen LogP) is 3.31. The van der Waals surface area contributed by atoms with E-state index in [9.17, 15) is 4.79 Å². The summed E-state index contributed by atoms with van der Waals surface area (Å²) in [4.78, 5) is 15.3. The lowest BCUT2D eigenvalue weighted by Crippen LogP contribution is -2.05. The van der Waals surface area contributed by atoms with Gasteiger partial charge in [-0.05, 0) is 35.7 Å². The van der Waals surface area contributed by atoms with Crippen LogP contribution in [0, 0.1) is 0 Å². The van der Waals surface area contributed by atoms with Gasteiger partial charge in [-0.3, -0.25) is 4.79 Å². The molecule has 1 aromatic carbocycles. The summed E-state index contributed by atoms with van der Waals surface area (Å²) >= 11 is 1.72. The number of rotatable bonds is 5. The quantitative estimate of drug-likeness (QED) is 0.860. The average molecular weight is 314 g/mol. The average Bonchev–Trinajstić information content (AvgIpc) is 2.96. The Bertz CT molecular complexity index is 671. The summed E-state index contributed by atoms with van der Waals surface area (Å²) in [6, 6.07) is 10.3. The Morgan fingerprint density at radius 1 is 1.36 bits per heavy atom. The van der Waals surface area contributed by atoms with E-state index in [0.29, 0.717) is 0 Å². The van der Waals surface area contributed by atoms with Gasteiger partial charge in [0.15, 0.2) is 0 Å². The third-order valence-corrected chi connectivity index (χ3v) is 4.40. The second kappa shape index (κ2) is 6.83. The summed E-state index contributed by atoms with van der Waals surface area (Å²) in [6.07, 6.45) is 3.71. The van der Waals surface area contributed by atoms with Gasteiger partial charge in [0.2, 0.25) is 5.91 Å². The molecule has 4 nitrogen and oxygen atoms in total. The molecule has 0 spiro atoms. The molecule has 0 atom stereocenters. The Balaban J connectivity index is 1.51. The summed E-state index contributed by atoms with van der Waals surface area (Å²) in [6.45, 7) is 2.29. The van der Waals surface area contributed by atoms with Crippen molar-refractivity contribution in [2.24, 2.45) is 0 Å². The van der Waals surface area contributed by atoms with E-state index in [4.69, 9.17) is 4.74 Å². The summed E-state index contributed by atoms with van der Waals surface area (Å²) in [5.41, 5.74) is 3.39. The number of thioether (sulfide) groups is 1. The van der Waals surface area contributed by atoms with Gasteiger partial charge in [0, 0.05) is 19.1 Å². The molecule has 0 unspecified atom stereocenters. The van der Waals surface area contributed by atoms with E-state index in [1.165, 1.54) is 18.1 Å². The Labute approximate surface area is 134 Å². The molecular formula is C17H18N2O2S. The second-order valence-electron chi connectivity index (χ2n) is 5.21. The van der Waals surface area contributed by atoms with Crippen molar-refractivity contribution >= 4 is 23.4 Å². The monoisotopic (exact) mass is 314 g/mol. The van der Waals surface area contributed by atoms with E-state index in [-0.39, 0.29) is 5.91 Å². The zero-order chi connectivity index (χ0) is 15.4. The van der Waals surface area contributed by atoms with Crippen molar-refractivity contribution in [3.05, 3.63) is 47.7 Å². The third kappa shape index (κ3) is 3.80. The molecule has 1 N–H and O–H groups in total. The number of benzene rings is 1. The molecule has 0 saturated carbocycles. The molecule has 1 aliphatic rings. The van der Waals surface area contributed by atoms with Crippen molar-refractivity contribution in [2.45, 2.75) is 24.8 Å². The Kier molecular flexibility index (Phi) is 4.63. The third-order valence-electron chi connectivity index (χ3n) is 3.45. The molecule has 2 heterocycles. The minimum atomic E-state index is -0.0807. The van der Waals surface area contributed by atoms with Gasteiger partial charge in [0.05, 0.1) is 23.5 Å². The number of hydrogen-bond donors (Lipinski definition) is 1. The molecule has 114 valence electrons. The fraction of sp³-hybridized carbons (Fsp3) is 0.294. The number of pyridine rings is 1. The van der Waals surface area contributed by atoms with Crippen LogP contribution in [0.25, 0.3) is 0 Å². The predicted molar refractivity (Wildman–Crippen MR) is 88.6 cm³/mol. The van der Waals surface area contributed by atoms with Gasteiger partial charge < -0.3 is 10.1 Å². The highest BCUT2D eigenvalue weighted by atomic mass is 32.2. The number of carbonyl (C=O) groups is 1. The van der Waals surface area contributed by atoms with Crippen molar-refractivity contribution in [2.75, 3.05) is 17.7 Å². The standard InChI is InChI=1S/C17H18N2O2S/c1-12(20)19-15-3-5-17(18-11-15)22-9-7-13-2-4-16-14(10-13)6-8-21-16/h2-5,10-11H,6-9H2,1H3,(H,19,20). The topological polar surface area (TPSA) is 51.2 Å². The first-order chi connectivity index (χ1) is 10.7. The molecule has 5 heteroatoms. The molecule has 3 rings (SSSR count). The van der Waals surface area contributed by atoms with Crippen molar-refractivity contribution in [1.29, 1.82) is 0 Å². The first-order valence-corrected chi connectivity index (χ1v) is 8.30. The van der Waals surface area contributed by atoms with E-state index in [1.54, 1.807) is 18.0 Å². The van der Waals surface area contributed by atoms with Gasteiger partial charge in [-0.25, -0.2) is 4.98 Å². The summed E-state index contributed by atoms with van der Waals surface area (Å²) in [5, 5.41) is 3.69. The minimum Gasteiger partial charge on any atom is -0.493 e. The highest BCUT2D eigenvalue weighted by Gasteiger charge is 2.11. The molecule has 0 fully saturated rings. The number of nitrogens with one attached hydrogen (secondary N) is 1. The van der Waals surface area contributed by atoms with Crippen LogP contribution in [0.5, 0.6) is 5.75 Å². The number of aryl methyl sites for hydroxylation is 1. The van der Waals surface area contributed by atoms with E-state index in [1.807, 2.05) is 12.1 Å². The molecule has 22 heavy (non-hydrogen) atoms. The number of hydrogen-bond acceptors (Lipinski definition) is 4. The lowest BCUT2D eigenvalue weighted by molar-refractivity contribution is -0.114. The van der Waals surface area contributed by atoms with Gasteiger partial charge in [-0.2, -0.15) is 0 Å². The number of ether oxygens (including phenoxy) is 1. The van der Waals surface area contributed by atoms with Crippen molar-refractivity contribution < 1.29 is 9.53 Å². The van der Waals surface area contributed by atoms with Gasteiger partial charge in [0.25, 0.3) is 0 Å². The Hall–Kier alpha value is -2.01. The van der Waals surface area contributed by atoms with Crippen molar-refractivity contribution in [1.82, 2.24) is 4.98 Å². The summed E-state index contributed by atoms with van der Waals surface area (Å²) in [7, 11) is 0. The van der Waals surface area contributed by atoms with Crippen LogP contribution < -0.4 is 10.1 Å². The lowest BCUT2D eigenvalue weighted by atomic mass is 10.1. The largest absolute Gasteiger partial charge is 0.493 e. The number of fused-ring (bicyclic) bond motifs is 1. The number of nitrogens with zero attached hydrogens (tertiary/aromatic N) is 1. The lowest BCUT2D eigenvalue weighted by Gasteiger charge is -2.05. The first-order valence-electron chi connectivity index (χ1n) is 7.32. The van der Waals surface area contributed by atoms with Crippen molar-refractivity contribution in [3.8, 4) is 5.75 Å². The molecule has 2 aromatic rings. The number of carbonyl (C=O) groups excluding carboxylic acids is 1. The maximum atomic E-state index is 11.0. The molecule has 1 aliphatic heterocycles. The maximum Gasteiger partial charge on any atom is 0.221 e. The molecule has 0 aliphatic carbocycles. The van der Waals surface area contributed by atoms with Crippen LogP contribution in [0.4, 0.5) is 5.69 Å². The van der Waals surface area contributed by atoms with Crippen LogP contribution in [0.15, 0.2) is 41.6 Å². The van der Waals surface area contributed by atoms with Gasteiger partial charge in [-0.15, -0.1) is 11.8 Å². The fourth-order valence-corrected chi connectivity index (χ4v) is 3.25. The number of amides is 1. The molecule has 1 aromatic heterocycles. The molecular weight excluding hydrogens is 296 g/mol. The highest BCUT2D eigenvalue weighted by Crippen LogP contribution is 2.27. The normalized spacial score (nSPS) is 12.6. The van der Waals surface area contributed by atoms with Crippen LogP contribution in [0.2, 0.25) is 0 Å². The zero-order valence-corrected chi connectivity index (χ0v) is 13.3. The van der Waals surface area contributed by atoms with E-state index >= 15 is 0 Å². The fourth-order valence-electron chi connectivity index (χ4n) is 2.41. The van der Waals surface area contributed by atoms with Gasteiger partial charge >= 0.3 is 0 Å². The minimum absolute atomic E-state index is 0.0807. The molecule has 0 saturated heterocycles. The SMILES string of the molecule is CC(=O)Nc1ccc(SCCc2ccc3c(c2)CCO3)nc1. The smallest absolute Gasteiger partial charge is 0.221 e. The van der Waals surface area contributed by atoms with Gasteiger partial charge in [-0.1, -0.05) is 12.1 Å². The summed E-state index contributed by atoms with van der Waals surface area (Å²) in [5.74, 6) is 1.93. The van der Waals surface area contributed by atoms with Gasteiger partial charge in [0.1, 0.15) is 5.75 Å². The van der Waals surface area contributed by atoms with Crippen LogP contribution in [0.3, 0.4) is 0 Å². The second-order valence-corrected chi connectivity index (χ2v) is 6.32. The van der Waals surface area contributed by atoms with E-state index < -0.39 is 0 Å². The van der Waals surface area contributed by atoms with E-state index in [0.717, 1.165) is 41.7 Å². The maximum absolute atomic E-state index is 11.0.